The summed E-state index contributed by atoms with van der Waals surface area (Å²) < 4.78 is 16.1. The van der Waals surface area contributed by atoms with Gasteiger partial charge in [-0.3, -0.25) is 9.59 Å². The first kappa shape index (κ1) is 23.3. The van der Waals surface area contributed by atoms with Crippen molar-refractivity contribution >= 4 is 17.4 Å². The van der Waals surface area contributed by atoms with Crippen LogP contribution in [0.1, 0.15) is 36.6 Å². The Morgan fingerprint density at radius 1 is 1.06 bits per heavy atom. The number of rotatable bonds is 8. The first-order valence-corrected chi connectivity index (χ1v) is 10.5. The molecule has 1 amide bonds. The number of aliphatic hydroxyl groups excluding tert-OH is 1. The van der Waals surface area contributed by atoms with E-state index in [4.69, 9.17) is 14.2 Å². The van der Waals surface area contributed by atoms with Crippen LogP contribution >= 0.6 is 0 Å². The Bertz CT molecular complexity index is 1030. The molecule has 32 heavy (non-hydrogen) atoms. The van der Waals surface area contributed by atoms with Crippen LogP contribution in [-0.2, 0) is 14.3 Å². The van der Waals surface area contributed by atoms with Gasteiger partial charge >= 0.3 is 0 Å². The predicted octanol–water partition coefficient (Wildman–Crippen LogP) is 3.86. The number of carbonyl (C=O) groups excluding carboxylic acids is 2. The van der Waals surface area contributed by atoms with Crippen molar-refractivity contribution in [2.45, 2.75) is 32.9 Å². The van der Waals surface area contributed by atoms with E-state index in [2.05, 4.69) is 0 Å². The smallest absolute Gasteiger partial charge is 0.295 e. The number of likely N-dealkylation sites (tertiary alicyclic amines) is 1. The topological polar surface area (TPSA) is 85.3 Å². The van der Waals surface area contributed by atoms with Crippen LogP contribution in [-0.4, -0.2) is 55.2 Å². The number of nitrogens with zero attached hydrogens (tertiary/aromatic N) is 1. The first-order chi connectivity index (χ1) is 15.3. The molecule has 0 radical (unpaired) electrons. The number of carbonyl (C=O) groups is 2. The maximum Gasteiger partial charge on any atom is 0.295 e. The fourth-order valence-electron chi connectivity index (χ4n) is 3.82. The van der Waals surface area contributed by atoms with Gasteiger partial charge in [0, 0.05) is 19.2 Å². The van der Waals surface area contributed by atoms with E-state index in [-0.39, 0.29) is 30.6 Å². The van der Waals surface area contributed by atoms with Crippen LogP contribution in [0.5, 0.6) is 11.5 Å². The van der Waals surface area contributed by atoms with Gasteiger partial charge in [-0.25, -0.2) is 0 Å². The second kappa shape index (κ2) is 9.87. The molecular formula is C25H29NO6. The number of ether oxygens (including phenoxy) is 3. The van der Waals surface area contributed by atoms with Crippen molar-refractivity contribution in [1.29, 1.82) is 0 Å². The van der Waals surface area contributed by atoms with Gasteiger partial charge in [-0.05, 0) is 62.2 Å². The summed E-state index contributed by atoms with van der Waals surface area (Å²) >= 11 is 0. The number of amides is 1. The Labute approximate surface area is 188 Å². The van der Waals surface area contributed by atoms with Crippen molar-refractivity contribution in [2.75, 3.05) is 27.4 Å². The molecule has 1 aliphatic heterocycles. The molecule has 0 spiro atoms. The van der Waals surface area contributed by atoms with E-state index < -0.39 is 17.7 Å². The van der Waals surface area contributed by atoms with Gasteiger partial charge in [-0.2, -0.15) is 0 Å². The van der Waals surface area contributed by atoms with E-state index >= 15 is 0 Å². The van der Waals surface area contributed by atoms with Gasteiger partial charge in [0.1, 0.15) is 17.3 Å². The summed E-state index contributed by atoms with van der Waals surface area (Å²) in [6.07, 6.45) is 0.0197. The Morgan fingerprint density at radius 2 is 1.72 bits per heavy atom. The lowest BCUT2D eigenvalue weighted by atomic mass is 9.94. The summed E-state index contributed by atoms with van der Waals surface area (Å²) in [4.78, 5) is 27.3. The molecule has 170 valence electrons. The van der Waals surface area contributed by atoms with Crippen LogP contribution in [0.3, 0.4) is 0 Å². The first-order valence-electron chi connectivity index (χ1n) is 10.5. The van der Waals surface area contributed by atoms with Crippen molar-refractivity contribution < 1.29 is 28.9 Å². The quantitative estimate of drug-likeness (QED) is 0.382. The molecule has 0 aromatic heterocycles. The molecule has 7 nitrogen and oxygen atoms in total. The Morgan fingerprint density at radius 3 is 2.28 bits per heavy atom. The molecule has 1 saturated heterocycles. The standard InChI is InChI=1S/C25H29NO6/c1-15(2)32-18-8-6-17(7-9-18)22-21(24(28)25(29)26(22)12-13-30-4)23(27)20-11-10-19(31-5)14-16(20)3/h6-11,14-15,22,27H,12-13H2,1-5H3/b23-21-. The molecule has 1 atom stereocenters. The molecule has 2 aromatic rings. The van der Waals surface area contributed by atoms with Crippen molar-refractivity contribution in [3.8, 4) is 11.5 Å². The van der Waals surface area contributed by atoms with Crippen LogP contribution in [0.2, 0.25) is 0 Å². The summed E-state index contributed by atoms with van der Waals surface area (Å²) in [7, 11) is 3.09. The Kier molecular flexibility index (Phi) is 7.20. The number of benzene rings is 2. The fraction of sp³-hybridized carbons (Fsp3) is 0.360. The molecule has 1 heterocycles. The van der Waals surface area contributed by atoms with Crippen molar-refractivity contribution in [3.63, 3.8) is 0 Å². The minimum absolute atomic E-state index is 0.0197. The van der Waals surface area contributed by atoms with Crippen molar-refractivity contribution in [2.24, 2.45) is 0 Å². The van der Waals surface area contributed by atoms with Gasteiger partial charge in [0.2, 0.25) is 0 Å². The highest BCUT2D eigenvalue weighted by atomic mass is 16.5. The molecule has 3 rings (SSSR count). The van der Waals surface area contributed by atoms with E-state index in [1.54, 1.807) is 37.4 Å². The van der Waals surface area contributed by atoms with Gasteiger partial charge in [-0.15, -0.1) is 0 Å². The molecule has 0 saturated carbocycles. The lowest BCUT2D eigenvalue weighted by Gasteiger charge is -2.25. The fourth-order valence-corrected chi connectivity index (χ4v) is 3.82. The normalized spacial score (nSPS) is 17.8. The summed E-state index contributed by atoms with van der Waals surface area (Å²) in [5, 5.41) is 11.2. The van der Waals surface area contributed by atoms with Crippen LogP contribution in [0.4, 0.5) is 0 Å². The van der Waals surface area contributed by atoms with Crippen LogP contribution in [0.25, 0.3) is 5.76 Å². The average molecular weight is 440 g/mol. The zero-order chi connectivity index (χ0) is 23.4. The number of methoxy groups -OCH3 is 2. The average Bonchev–Trinajstić information content (AvgIpc) is 3.02. The van der Waals surface area contributed by atoms with Crippen LogP contribution in [0.15, 0.2) is 48.0 Å². The minimum atomic E-state index is -0.736. The summed E-state index contributed by atoms with van der Waals surface area (Å²) in [5.41, 5.74) is 1.95. The summed E-state index contributed by atoms with van der Waals surface area (Å²) in [5.74, 6) is -0.278. The molecule has 0 aliphatic carbocycles. The third-order valence-electron chi connectivity index (χ3n) is 5.33. The van der Waals surface area contributed by atoms with Gasteiger partial charge in [-0.1, -0.05) is 12.1 Å². The number of hydrogen-bond acceptors (Lipinski definition) is 6. The van der Waals surface area contributed by atoms with Crippen LogP contribution < -0.4 is 9.47 Å². The number of Topliss-reactive ketones (excluding diaryl/α,β-unsaturated/α-hetero) is 1. The maximum absolute atomic E-state index is 13.0. The lowest BCUT2D eigenvalue weighted by molar-refractivity contribution is -0.140. The van der Waals surface area contributed by atoms with Gasteiger partial charge in [0.05, 0.1) is 31.4 Å². The number of aliphatic hydroxyl groups is 1. The highest BCUT2D eigenvalue weighted by molar-refractivity contribution is 6.46. The molecule has 1 fully saturated rings. The monoisotopic (exact) mass is 439 g/mol. The van der Waals surface area contributed by atoms with E-state index in [1.165, 1.54) is 12.0 Å². The maximum atomic E-state index is 13.0. The highest BCUT2D eigenvalue weighted by Gasteiger charge is 2.46. The summed E-state index contributed by atoms with van der Waals surface area (Å²) in [6.45, 7) is 6.16. The Balaban J connectivity index is 2.12. The number of ketones is 1. The molecule has 1 unspecified atom stereocenters. The highest BCUT2D eigenvalue weighted by Crippen LogP contribution is 2.40. The molecule has 2 aromatic carbocycles. The largest absolute Gasteiger partial charge is 0.507 e. The second-order valence-electron chi connectivity index (χ2n) is 7.90. The predicted molar refractivity (Wildman–Crippen MR) is 121 cm³/mol. The lowest BCUT2D eigenvalue weighted by Crippen LogP contribution is -2.32. The SMILES string of the molecule is COCCN1C(=O)C(=O)/C(=C(\O)c2ccc(OC)cc2C)C1c1ccc(OC(C)C)cc1. The van der Waals surface area contributed by atoms with Gasteiger partial charge in [0.15, 0.2) is 0 Å². The van der Waals surface area contributed by atoms with E-state index in [9.17, 15) is 14.7 Å². The van der Waals surface area contributed by atoms with Gasteiger partial charge < -0.3 is 24.2 Å². The van der Waals surface area contributed by atoms with E-state index in [1.807, 2.05) is 32.9 Å². The van der Waals surface area contributed by atoms with Gasteiger partial charge in [0.25, 0.3) is 11.7 Å². The molecule has 1 N–H and O–H groups in total. The molecular weight excluding hydrogens is 410 g/mol. The second-order valence-corrected chi connectivity index (χ2v) is 7.90. The zero-order valence-electron chi connectivity index (χ0n) is 19.0. The zero-order valence-corrected chi connectivity index (χ0v) is 19.0. The number of hydrogen-bond donors (Lipinski definition) is 1. The molecule has 0 bridgehead atoms. The van der Waals surface area contributed by atoms with Crippen molar-refractivity contribution in [3.05, 3.63) is 64.7 Å². The molecule has 7 heteroatoms. The van der Waals surface area contributed by atoms with Crippen molar-refractivity contribution in [1.82, 2.24) is 4.90 Å². The summed E-state index contributed by atoms with van der Waals surface area (Å²) in [6, 6.07) is 11.6. The van der Waals surface area contributed by atoms with Crippen LogP contribution in [0, 0.1) is 6.92 Å². The third kappa shape index (κ3) is 4.62. The number of aryl methyl sites for hydroxylation is 1. The molecule has 1 aliphatic rings. The Hall–Kier alpha value is -3.32. The van der Waals surface area contributed by atoms with E-state index in [0.29, 0.717) is 22.6 Å². The van der Waals surface area contributed by atoms with E-state index in [0.717, 1.165) is 5.56 Å². The third-order valence-corrected chi connectivity index (χ3v) is 5.33. The minimum Gasteiger partial charge on any atom is -0.507 e.